The van der Waals surface area contributed by atoms with Crippen LogP contribution in [0, 0.1) is 11.6 Å². The number of alkyl halides is 3. The van der Waals surface area contributed by atoms with Gasteiger partial charge in [0.15, 0.2) is 17.2 Å². The van der Waals surface area contributed by atoms with Crippen LogP contribution in [0.4, 0.5) is 22.0 Å². The number of aromatic nitrogens is 1. The van der Waals surface area contributed by atoms with Gasteiger partial charge in [0, 0.05) is 11.8 Å². The van der Waals surface area contributed by atoms with Crippen molar-refractivity contribution in [3.05, 3.63) is 65.5 Å². The number of carbonyl (C=O) groups excluding carboxylic acids is 2. The van der Waals surface area contributed by atoms with Crippen molar-refractivity contribution in [3.8, 4) is 0 Å². The van der Waals surface area contributed by atoms with E-state index in [1.807, 2.05) is 0 Å². The fourth-order valence-corrected chi connectivity index (χ4v) is 3.48. The predicted octanol–water partition coefficient (Wildman–Crippen LogP) is 2.81. The van der Waals surface area contributed by atoms with Crippen LogP contribution in [-0.2, 0) is 26.5 Å². The van der Waals surface area contributed by atoms with Crippen molar-refractivity contribution >= 4 is 11.9 Å². The minimum atomic E-state index is -5.39. The second-order valence-electron chi connectivity index (χ2n) is 7.14. The second-order valence-corrected chi connectivity index (χ2v) is 7.14. The summed E-state index contributed by atoms with van der Waals surface area (Å²) in [6, 6.07) is 6.54. The Morgan fingerprint density at radius 2 is 1.97 bits per heavy atom. The number of amides is 1. The Bertz CT molecular complexity index is 970. The number of nitrogens with two attached hydrogens (primary N) is 1. The highest BCUT2D eigenvalue weighted by Gasteiger charge is 2.51. The number of likely N-dealkylation sites (tertiary alicyclic amines) is 1. The zero-order chi connectivity index (χ0) is 22.8. The summed E-state index contributed by atoms with van der Waals surface area (Å²) < 4.78 is 72.4. The van der Waals surface area contributed by atoms with Crippen LogP contribution < -0.4 is 5.73 Å². The molecule has 0 saturated carbocycles. The van der Waals surface area contributed by atoms with E-state index in [2.05, 4.69) is 4.98 Å². The van der Waals surface area contributed by atoms with E-state index < -0.39 is 59.9 Å². The number of nitrogens with zero attached hydrogens (tertiary/aromatic N) is 2. The second kappa shape index (κ2) is 8.58. The standard InChI is InChI=1S/C20H18F5N3O3/c21-14-6-3-5-13(16(14)22)19(31-18(30)20(23,24)25)8-7-15(26)17(29)28(11-19)10-12-4-1-2-9-27-12/h1-6,9,15H,7-8,10-11,26H2/t15-,19?/m1/s1. The fraction of sp³-hybridized carbons (Fsp3) is 0.350. The summed E-state index contributed by atoms with van der Waals surface area (Å²) in [5.74, 6) is -6.04. The number of hydrogen-bond donors (Lipinski definition) is 1. The predicted molar refractivity (Wildman–Crippen MR) is 97.0 cm³/mol. The number of benzene rings is 1. The lowest BCUT2D eigenvalue weighted by Crippen LogP contribution is -2.48. The third-order valence-corrected chi connectivity index (χ3v) is 4.98. The Kier molecular flexibility index (Phi) is 6.25. The van der Waals surface area contributed by atoms with Crippen molar-refractivity contribution in [2.24, 2.45) is 5.73 Å². The summed E-state index contributed by atoms with van der Waals surface area (Å²) >= 11 is 0. The largest absolute Gasteiger partial charge is 0.490 e. The molecular weight excluding hydrogens is 425 g/mol. The molecule has 0 spiro atoms. The van der Waals surface area contributed by atoms with Gasteiger partial charge >= 0.3 is 12.1 Å². The molecule has 1 aliphatic rings. The molecule has 2 N–H and O–H groups in total. The van der Waals surface area contributed by atoms with E-state index in [0.717, 1.165) is 23.1 Å². The quantitative estimate of drug-likeness (QED) is 0.580. The summed E-state index contributed by atoms with van der Waals surface area (Å²) in [5, 5.41) is 0. The van der Waals surface area contributed by atoms with E-state index in [-0.39, 0.29) is 13.0 Å². The maximum absolute atomic E-state index is 14.7. The first-order valence-corrected chi connectivity index (χ1v) is 9.22. The van der Waals surface area contributed by atoms with Crippen molar-refractivity contribution in [2.75, 3.05) is 6.54 Å². The lowest BCUT2D eigenvalue weighted by atomic mass is 9.87. The number of pyridine rings is 1. The average molecular weight is 443 g/mol. The number of halogens is 5. The van der Waals surface area contributed by atoms with Gasteiger partial charge in [0.25, 0.3) is 0 Å². The molecule has 2 aromatic rings. The van der Waals surface area contributed by atoms with E-state index in [0.29, 0.717) is 5.69 Å². The van der Waals surface area contributed by atoms with Gasteiger partial charge in [-0.15, -0.1) is 0 Å². The Morgan fingerprint density at radius 1 is 1.23 bits per heavy atom. The molecule has 2 heterocycles. The smallest absolute Gasteiger partial charge is 0.445 e. The first-order valence-electron chi connectivity index (χ1n) is 9.22. The van der Waals surface area contributed by atoms with Gasteiger partial charge in [-0.3, -0.25) is 9.78 Å². The van der Waals surface area contributed by atoms with Gasteiger partial charge < -0.3 is 15.4 Å². The SMILES string of the molecule is N[C@@H]1CCC(OC(=O)C(F)(F)F)(c2cccc(F)c2F)CN(Cc2ccccn2)C1=O. The van der Waals surface area contributed by atoms with Crippen molar-refractivity contribution < 1.29 is 36.3 Å². The number of hydrogen-bond acceptors (Lipinski definition) is 5. The van der Waals surface area contributed by atoms with Gasteiger partial charge in [-0.1, -0.05) is 18.2 Å². The van der Waals surface area contributed by atoms with E-state index in [4.69, 9.17) is 10.5 Å². The van der Waals surface area contributed by atoms with Gasteiger partial charge in [-0.2, -0.15) is 13.2 Å². The highest BCUT2D eigenvalue weighted by atomic mass is 19.4. The molecule has 11 heteroatoms. The summed E-state index contributed by atoms with van der Waals surface area (Å²) in [6.07, 6.45) is -4.60. The maximum Gasteiger partial charge on any atom is 0.490 e. The van der Waals surface area contributed by atoms with Crippen LogP contribution in [0.1, 0.15) is 24.1 Å². The number of ether oxygens (including phenoxy) is 1. The molecule has 1 aromatic heterocycles. The van der Waals surface area contributed by atoms with Crippen molar-refractivity contribution in [1.82, 2.24) is 9.88 Å². The number of esters is 1. The third-order valence-electron chi connectivity index (χ3n) is 4.98. The molecule has 1 aromatic carbocycles. The molecule has 1 aliphatic heterocycles. The molecule has 6 nitrogen and oxygen atoms in total. The third kappa shape index (κ3) is 4.82. The van der Waals surface area contributed by atoms with E-state index in [9.17, 15) is 31.5 Å². The van der Waals surface area contributed by atoms with Crippen molar-refractivity contribution in [2.45, 2.75) is 37.2 Å². The maximum atomic E-state index is 14.7. The summed E-state index contributed by atoms with van der Waals surface area (Å²) in [4.78, 5) is 29.6. The summed E-state index contributed by atoms with van der Waals surface area (Å²) in [6.45, 7) is -0.853. The molecular formula is C20H18F5N3O3. The molecule has 0 aliphatic carbocycles. The van der Waals surface area contributed by atoms with Crippen LogP contribution in [0.2, 0.25) is 0 Å². The Hall–Kier alpha value is -3.08. The first kappa shape index (κ1) is 22.6. The molecule has 0 bridgehead atoms. The minimum absolute atomic E-state index is 0.185. The Balaban J connectivity index is 2.10. The van der Waals surface area contributed by atoms with Crippen LogP contribution in [0.5, 0.6) is 0 Å². The molecule has 1 saturated heterocycles. The topological polar surface area (TPSA) is 85.5 Å². The average Bonchev–Trinajstić information content (AvgIpc) is 2.83. The molecule has 1 amide bonds. The first-order chi connectivity index (χ1) is 14.5. The van der Waals surface area contributed by atoms with Crippen molar-refractivity contribution in [3.63, 3.8) is 0 Å². The molecule has 31 heavy (non-hydrogen) atoms. The van der Waals surface area contributed by atoms with Crippen LogP contribution >= 0.6 is 0 Å². The van der Waals surface area contributed by atoms with Gasteiger partial charge in [-0.05, 0) is 31.0 Å². The van der Waals surface area contributed by atoms with E-state index in [1.54, 1.807) is 18.2 Å². The normalized spacial score (nSPS) is 22.2. The van der Waals surface area contributed by atoms with Gasteiger partial charge in [-0.25, -0.2) is 13.6 Å². The molecule has 166 valence electrons. The molecule has 3 rings (SSSR count). The van der Waals surface area contributed by atoms with Crippen molar-refractivity contribution in [1.29, 1.82) is 0 Å². The lowest BCUT2D eigenvalue weighted by Gasteiger charge is -2.36. The van der Waals surface area contributed by atoms with Gasteiger partial charge in [0.05, 0.1) is 24.8 Å². The molecule has 2 atom stereocenters. The number of rotatable bonds is 4. The van der Waals surface area contributed by atoms with Crippen LogP contribution in [0.15, 0.2) is 42.6 Å². The zero-order valence-corrected chi connectivity index (χ0v) is 16.0. The van der Waals surface area contributed by atoms with Crippen LogP contribution in [-0.4, -0.2) is 40.5 Å². The highest BCUT2D eigenvalue weighted by Crippen LogP contribution is 2.39. The van der Waals surface area contributed by atoms with E-state index in [1.165, 1.54) is 6.20 Å². The molecule has 0 radical (unpaired) electrons. The minimum Gasteiger partial charge on any atom is -0.445 e. The molecule has 1 fully saturated rings. The van der Waals surface area contributed by atoms with Crippen LogP contribution in [0.25, 0.3) is 0 Å². The zero-order valence-electron chi connectivity index (χ0n) is 16.0. The monoisotopic (exact) mass is 443 g/mol. The fourth-order valence-electron chi connectivity index (χ4n) is 3.48. The Morgan fingerprint density at radius 3 is 2.61 bits per heavy atom. The summed E-state index contributed by atoms with van der Waals surface area (Å²) in [7, 11) is 0. The highest BCUT2D eigenvalue weighted by molar-refractivity contribution is 5.82. The molecule has 1 unspecified atom stereocenters. The Labute approximate surface area is 173 Å². The summed E-state index contributed by atoms with van der Waals surface area (Å²) in [5.41, 5.74) is 3.32. The number of carbonyl (C=O) groups is 2. The van der Waals surface area contributed by atoms with Gasteiger partial charge in [0.2, 0.25) is 5.91 Å². The van der Waals surface area contributed by atoms with Crippen LogP contribution in [0.3, 0.4) is 0 Å². The van der Waals surface area contributed by atoms with E-state index >= 15 is 0 Å². The lowest BCUT2D eigenvalue weighted by molar-refractivity contribution is -0.217. The van der Waals surface area contributed by atoms with Gasteiger partial charge in [0.1, 0.15) is 0 Å².